The number of ketones is 1. The summed E-state index contributed by atoms with van der Waals surface area (Å²) in [5.74, 6) is -3.83. The molecule has 2 saturated carbocycles. The number of rotatable bonds is 5. The largest absolute Gasteiger partial charge is 0.472 e. The van der Waals surface area contributed by atoms with Gasteiger partial charge in [0.05, 0.1) is 32.0 Å². The maximum Gasteiger partial charge on any atom is 0.335 e. The summed E-state index contributed by atoms with van der Waals surface area (Å²) >= 11 is 0. The predicted octanol–water partition coefficient (Wildman–Crippen LogP) is 4.64. The lowest BCUT2D eigenvalue weighted by Gasteiger charge is -2.64. The van der Waals surface area contributed by atoms with Crippen LogP contribution in [-0.4, -0.2) is 48.1 Å². The van der Waals surface area contributed by atoms with Gasteiger partial charge >= 0.3 is 17.9 Å². The van der Waals surface area contributed by atoms with Gasteiger partial charge in [-0.05, 0) is 50.7 Å². The number of fused-ring (bicyclic) bond motifs is 5. The molecule has 3 fully saturated rings. The molecule has 0 unspecified atom stereocenters. The topological polar surface area (TPSA) is 129 Å². The van der Waals surface area contributed by atoms with E-state index in [1.165, 1.54) is 7.11 Å². The van der Waals surface area contributed by atoms with Gasteiger partial charge in [0.2, 0.25) is 0 Å². The number of hydrogen-bond acceptors (Lipinski definition) is 9. The number of hydrogen-bond donors (Lipinski definition) is 1. The minimum Gasteiger partial charge on any atom is -0.472 e. The zero-order chi connectivity index (χ0) is 30.1. The van der Waals surface area contributed by atoms with Gasteiger partial charge in [0, 0.05) is 33.3 Å². The third-order valence-electron chi connectivity index (χ3n) is 10.8. The molecule has 9 nitrogen and oxygen atoms in total. The first-order valence-corrected chi connectivity index (χ1v) is 14.3. The molecule has 0 aromatic carbocycles. The molecule has 0 spiro atoms. The molecule has 8 atom stereocenters. The van der Waals surface area contributed by atoms with Gasteiger partial charge in [-0.25, -0.2) is 9.59 Å². The van der Waals surface area contributed by atoms with Crippen molar-refractivity contribution >= 4 is 23.7 Å². The summed E-state index contributed by atoms with van der Waals surface area (Å²) in [5.41, 5.74) is 0.392. The van der Waals surface area contributed by atoms with Gasteiger partial charge in [0.25, 0.3) is 0 Å². The molecular formula is C32H40O9. The second-order valence-electron chi connectivity index (χ2n) is 13.1. The molecule has 1 aromatic heterocycles. The molecule has 4 aliphatic rings. The Labute approximate surface area is 240 Å². The second kappa shape index (κ2) is 9.96. The van der Waals surface area contributed by atoms with Gasteiger partial charge in [0.15, 0.2) is 6.10 Å². The molecule has 2 bridgehead atoms. The lowest BCUT2D eigenvalue weighted by Crippen LogP contribution is -2.69. The number of aliphatic hydroxyl groups excluding tert-OH is 1. The Morgan fingerprint density at radius 1 is 1.20 bits per heavy atom. The quantitative estimate of drug-likeness (QED) is 0.234. The van der Waals surface area contributed by atoms with Crippen molar-refractivity contribution in [3.8, 4) is 0 Å². The van der Waals surface area contributed by atoms with Gasteiger partial charge < -0.3 is 23.7 Å². The number of Topliss-reactive ketones (excluding diaryl/α,β-unsaturated/α-hetero) is 1. The Morgan fingerprint density at radius 2 is 1.90 bits per heavy atom. The van der Waals surface area contributed by atoms with Crippen LogP contribution < -0.4 is 0 Å². The van der Waals surface area contributed by atoms with E-state index in [9.17, 15) is 24.3 Å². The molecule has 0 amide bonds. The summed E-state index contributed by atoms with van der Waals surface area (Å²) in [6.07, 6.45) is 3.34. The van der Waals surface area contributed by atoms with Crippen molar-refractivity contribution in [3.63, 3.8) is 0 Å². The summed E-state index contributed by atoms with van der Waals surface area (Å²) in [6.45, 7) is 11.0. The highest BCUT2D eigenvalue weighted by Gasteiger charge is 2.70. The van der Waals surface area contributed by atoms with Crippen molar-refractivity contribution < 1.29 is 42.9 Å². The fourth-order valence-electron chi connectivity index (χ4n) is 8.72. The van der Waals surface area contributed by atoms with Crippen molar-refractivity contribution in [1.29, 1.82) is 0 Å². The average molecular weight is 569 g/mol. The zero-order valence-corrected chi connectivity index (χ0v) is 24.8. The first-order chi connectivity index (χ1) is 19.2. The normalized spacial score (nSPS) is 37.0. The number of cyclic esters (lactones) is 1. The number of carbonyl (C=O) groups excluding carboxylic acids is 4. The van der Waals surface area contributed by atoms with Crippen LogP contribution in [0.15, 0.2) is 45.8 Å². The number of ether oxygens (including phenoxy) is 3. The van der Waals surface area contributed by atoms with Crippen LogP contribution in [0.3, 0.4) is 0 Å². The van der Waals surface area contributed by atoms with E-state index in [0.29, 0.717) is 24.8 Å². The number of esters is 3. The molecule has 1 aromatic rings. The summed E-state index contributed by atoms with van der Waals surface area (Å²) in [6, 6.07) is 1.80. The predicted molar refractivity (Wildman–Crippen MR) is 146 cm³/mol. The van der Waals surface area contributed by atoms with Crippen LogP contribution in [0, 0.1) is 34.0 Å². The van der Waals surface area contributed by atoms with E-state index in [-0.39, 0.29) is 24.1 Å². The van der Waals surface area contributed by atoms with E-state index in [1.807, 2.05) is 20.8 Å². The van der Waals surface area contributed by atoms with Crippen molar-refractivity contribution in [2.24, 2.45) is 34.0 Å². The Kier molecular flexibility index (Phi) is 7.12. The highest BCUT2D eigenvalue weighted by Crippen LogP contribution is 2.68. The van der Waals surface area contributed by atoms with Gasteiger partial charge in [0.1, 0.15) is 18.0 Å². The standard InChI is InChI=1S/C32H40O9/c1-8-16(2)28(36)41-27-19-13-18-20(32(6,25(19)35)24(30(27,3)4)23(34)29(37)38-7)9-11-31(5)21(18)14-22(33)40-26(31)17-10-12-39-15-17/h8,10,12,15,19-20,23-24,26-27,34H,9,11,13-14H2,1-7H3/b16-8+/t19-,20+,23+,24+,26+,27-,31-,32-/m1/s1. The third-order valence-corrected chi connectivity index (χ3v) is 10.8. The second-order valence-corrected chi connectivity index (χ2v) is 13.1. The summed E-state index contributed by atoms with van der Waals surface area (Å²) < 4.78 is 22.3. The van der Waals surface area contributed by atoms with Crippen LogP contribution in [0.25, 0.3) is 0 Å². The van der Waals surface area contributed by atoms with Gasteiger partial charge in [-0.3, -0.25) is 9.59 Å². The van der Waals surface area contributed by atoms with Crippen LogP contribution in [-0.2, 0) is 33.4 Å². The van der Waals surface area contributed by atoms with Crippen molar-refractivity contribution in [1.82, 2.24) is 0 Å². The maximum atomic E-state index is 14.5. The molecule has 1 saturated heterocycles. The number of methoxy groups -OCH3 is 1. The van der Waals surface area contributed by atoms with Crippen LogP contribution in [0.1, 0.15) is 78.9 Å². The highest BCUT2D eigenvalue weighted by atomic mass is 16.6. The average Bonchev–Trinajstić information content (AvgIpc) is 3.46. The molecule has 41 heavy (non-hydrogen) atoms. The highest BCUT2D eigenvalue weighted by molar-refractivity contribution is 5.94. The van der Waals surface area contributed by atoms with E-state index in [2.05, 4.69) is 6.92 Å². The lowest BCUT2D eigenvalue weighted by molar-refractivity contribution is -0.211. The monoisotopic (exact) mass is 568 g/mol. The fraction of sp³-hybridized carbons (Fsp3) is 0.625. The number of carbonyl (C=O) groups is 4. The van der Waals surface area contributed by atoms with Crippen molar-refractivity contribution in [2.75, 3.05) is 7.11 Å². The molecule has 1 N–H and O–H groups in total. The smallest absolute Gasteiger partial charge is 0.335 e. The fourth-order valence-corrected chi connectivity index (χ4v) is 8.72. The molecule has 0 radical (unpaired) electrons. The number of aliphatic hydroxyl groups is 1. The molecule has 3 aliphatic carbocycles. The van der Waals surface area contributed by atoms with E-state index in [4.69, 9.17) is 18.6 Å². The van der Waals surface area contributed by atoms with E-state index >= 15 is 0 Å². The SMILES string of the molecule is C/C=C(\C)C(=O)O[C@@H]1[C@@H]2CC3=C4CC(=O)O[C@@H](c5ccoc5)[C@]4(C)CC[C@@H]3[C@@](C)(C2=O)[C@@H]([C@H](O)C(=O)OC)C1(C)C. The number of furan rings is 1. The molecule has 222 valence electrons. The summed E-state index contributed by atoms with van der Waals surface area (Å²) in [5, 5.41) is 11.5. The first kappa shape index (κ1) is 29.3. The molecular weight excluding hydrogens is 528 g/mol. The molecule has 5 rings (SSSR count). The van der Waals surface area contributed by atoms with Crippen LogP contribution >= 0.6 is 0 Å². The summed E-state index contributed by atoms with van der Waals surface area (Å²) in [7, 11) is 1.20. The lowest BCUT2D eigenvalue weighted by atomic mass is 9.40. The number of allylic oxidation sites excluding steroid dienone is 2. The van der Waals surface area contributed by atoms with Gasteiger partial charge in [-0.2, -0.15) is 0 Å². The van der Waals surface area contributed by atoms with Gasteiger partial charge in [-0.1, -0.05) is 39.3 Å². The van der Waals surface area contributed by atoms with Crippen LogP contribution in [0.4, 0.5) is 0 Å². The van der Waals surface area contributed by atoms with Crippen LogP contribution in [0.2, 0.25) is 0 Å². The minimum atomic E-state index is -1.62. The molecule has 1 aliphatic heterocycles. The Bertz CT molecular complexity index is 1330. The Hall–Kier alpha value is -3.20. The minimum absolute atomic E-state index is 0.0867. The molecule has 2 heterocycles. The van der Waals surface area contributed by atoms with E-state index < -0.39 is 58.3 Å². The zero-order valence-electron chi connectivity index (χ0n) is 24.8. The summed E-state index contributed by atoms with van der Waals surface area (Å²) in [4.78, 5) is 53.5. The Balaban J connectivity index is 1.71. The van der Waals surface area contributed by atoms with E-state index in [1.54, 1.807) is 38.5 Å². The van der Waals surface area contributed by atoms with E-state index in [0.717, 1.165) is 16.7 Å². The van der Waals surface area contributed by atoms with Gasteiger partial charge in [-0.15, -0.1) is 0 Å². The third kappa shape index (κ3) is 4.14. The van der Waals surface area contributed by atoms with Crippen molar-refractivity contribution in [3.05, 3.63) is 47.0 Å². The Morgan fingerprint density at radius 3 is 2.51 bits per heavy atom. The molecule has 9 heteroatoms. The first-order valence-electron chi connectivity index (χ1n) is 14.3. The van der Waals surface area contributed by atoms with Crippen LogP contribution in [0.5, 0.6) is 0 Å². The van der Waals surface area contributed by atoms with Crippen molar-refractivity contribution in [2.45, 2.75) is 85.5 Å². The maximum absolute atomic E-state index is 14.5.